The Labute approximate surface area is 171 Å². The van der Waals surface area contributed by atoms with Gasteiger partial charge in [-0.1, -0.05) is 38.1 Å². The Kier molecular flexibility index (Phi) is 8.15. The molecule has 6 heteroatoms. The highest BCUT2D eigenvalue weighted by atomic mass is 16.5. The van der Waals surface area contributed by atoms with Gasteiger partial charge in [-0.3, -0.25) is 9.59 Å². The molecule has 0 aliphatic carbocycles. The molecule has 2 amide bonds. The molecular formula is C23H26N2O4. The zero-order valence-corrected chi connectivity index (χ0v) is 16.9. The Morgan fingerprint density at radius 3 is 2.48 bits per heavy atom. The van der Waals surface area contributed by atoms with Crippen molar-refractivity contribution in [2.75, 3.05) is 12.4 Å². The summed E-state index contributed by atoms with van der Waals surface area (Å²) in [7, 11) is 1.33. The van der Waals surface area contributed by atoms with E-state index in [0.29, 0.717) is 17.8 Å². The number of carbonyl (C=O) groups is 3. The minimum atomic E-state index is -0.402. The van der Waals surface area contributed by atoms with Crippen molar-refractivity contribution in [1.82, 2.24) is 5.32 Å². The van der Waals surface area contributed by atoms with Gasteiger partial charge in [0.15, 0.2) is 0 Å². The van der Waals surface area contributed by atoms with Gasteiger partial charge in [-0.15, -0.1) is 0 Å². The lowest BCUT2D eigenvalue weighted by molar-refractivity contribution is -0.119. The molecule has 2 N–H and O–H groups in total. The first-order valence-electron chi connectivity index (χ1n) is 9.47. The number of hydrogen-bond acceptors (Lipinski definition) is 4. The fraction of sp³-hybridized carbons (Fsp3) is 0.261. The van der Waals surface area contributed by atoms with Crippen molar-refractivity contribution in [3.63, 3.8) is 0 Å². The molecule has 0 aliphatic heterocycles. The Morgan fingerprint density at radius 2 is 1.83 bits per heavy atom. The van der Waals surface area contributed by atoms with E-state index in [4.69, 9.17) is 0 Å². The summed E-state index contributed by atoms with van der Waals surface area (Å²) in [4.78, 5) is 35.5. The van der Waals surface area contributed by atoms with Crippen molar-refractivity contribution in [2.24, 2.45) is 5.92 Å². The molecule has 2 aromatic rings. The summed E-state index contributed by atoms with van der Waals surface area (Å²) in [6, 6.07) is 14.1. The molecule has 0 saturated carbocycles. The van der Waals surface area contributed by atoms with E-state index in [-0.39, 0.29) is 17.7 Å². The zero-order valence-electron chi connectivity index (χ0n) is 16.9. The molecule has 6 nitrogen and oxygen atoms in total. The Bertz CT molecular complexity index is 888. The van der Waals surface area contributed by atoms with Crippen LogP contribution in [0, 0.1) is 5.92 Å². The van der Waals surface area contributed by atoms with Crippen molar-refractivity contribution in [3.05, 3.63) is 71.3 Å². The van der Waals surface area contributed by atoms with Crippen LogP contribution in [0.4, 0.5) is 5.69 Å². The van der Waals surface area contributed by atoms with Gasteiger partial charge in [0.1, 0.15) is 0 Å². The third kappa shape index (κ3) is 6.92. The first kappa shape index (κ1) is 21.9. The van der Waals surface area contributed by atoms with Gasteiger partial charge < -0.3 is 15.4 Å². The number of esters is 1. The van der Waals surface area contributed by atoms with Crippen LogP contribution in [0.3, 0.4) is 0 Å². The molecule has 1 atom stereocenters. The second-order valence-corrected chi connectivity index (χ2v) is 6.66. The van der Waals surface area contributed by atoms with Gasteiger partial charge >= 0.3 is 5.97 Å². The van der Waals surface area contributed by atoms with Crippen LogP contribution in [-0.4, -0.2) is 24.9 Å². The number of nitrogens with one attached hydrogen (secondary N) is 2. The summed E-state index contributed by atoms with van der Waals surface area (Å²) < 4.78 is 4.65. The van der Waals surface area contributed by atoms with Crippen LogP contribution in [0.15, 0.2) is 54.6 Å². The molecule has 0 saturated heterocycles. The molecule has 152 valence electrons. The van der Waals surface area contributed by atoms with Gasteiger partial charge in [0.25, 0.3) is 0 Å². The number of carbonyl (C=O) groups excluding carboxylic acids is 3. The number of rotatable bonds is 8. The maximum absolute atomic E-state index is 12.1. The van der Waals surface area contributed by atoms with Crippen molar-refractivity contribution < 1.29 is 19.1 Å². The third-order valence-electron chi connectivity index (χ3n) is 4.48. The Balaban J connectivity index is 1.89. The molecule has 0 spiro atoms. The van der Waals surface area contributed by atoms with Crippen molar-refractivity contribution in [1.29, 1.82) is 0 Å². The predicted octanol–water partition coefficient (Wildman–Crippen LogP) is 3.79. The quantitative estimate of drug-likeness (QED) is 0.527. The molecular weight excluding hydrogens is 368 g/mol. The fourth-order valence-corrected chi connectivity index (χ4v) is 2.48. The van der Waals surface area contributed by atoms with E-state index in [1.54, 1.807) is 30.3 Å². The summed E-state index contributed by atoms with van der Waals surface area (Å²) >= 11 is 0. The molecule has 0 aliphatic rings. The number of benzene rings is 2. The number of anilines is 1. The number of methoxy groups -OCH3 is 1. The largest absolute Gasteiger partial charge is 0.465 e. The van der Waals surface area contributed by atoms with Gasteiger partial charge in [0.2, 0.25) is 11.8 Å². The maximum atomic E-state index is 12.1. The molecule has 1 unspecified atom stereocenters. The van der Waals surface area contributed by atoms with E-state index in [1.165, 1.54) is 13.2 Å². The highest BCUT2D eigenvalue weighted by Gasteiger charge is 2.10. The van der Waals surface area contributed by atoms with Gasteiger partial charge in [0.05, 0.1) is 12.7 Å². The van der Waals surface area contributed by atoms with Crippen molar-refractivity contribution in [3.8, 4) is 0 Å². The topological polar surface area (TPSA) is 84.5 Å². The summed E-state index contributed by atoms with van der Waals surface area (Å²) in [6.45, 7) is 4.20. The number of hydrogen-bond donors (Lipinski definition) is 2. The van der Waals surface area contributed by atoms with Crippen LogP contribution in [0.5, 0.6) is 0 Å². The first-order valence-corrected chi connectivity index (χ1v) is 9.47. The smallest absolute Gasteiger partial charge is 0.337 e. The van der Waals surface area contributed by atoms with E-state index in [9.17, 15) is 14.4 Å². The molecule has 0 heterocycles. The second-order valence-electron chi connectivity index (χ2n) is 6.66. The lowest BCUT2D eigenvalue weighted by atomic mass is 10.1. The Morgan fingerprint density at radius 1 is 1.10 bits per heavy atom. The van der Waals surface area contributed by atoms with Gasteiger partial charge in [-0.2, -0.15) is 0 Å². The predicted molar refractivity (Wildman–Crippen MR) is 113 cm³/mol. The lowest BCUT2D eigenvalue weighted by Crippen LogP contribution is -2.21. The van der Waals surface area contributed by atoms with E-state index >= 15 is 0 Å². The van der Waals surface area contributed by atoms with Gasteiger partial charge in [-0.05, 0) is 47.9 Å². The van der Waals surface area contributed by atoms with Crippen LogP contribution in [0.25, 0.3) is 6.08 Å². The molecule has 29 heavy (non-hydrogen) atoms. The molecule has 0 fully saturated rings. The average Bonchev–Trinajstić information content (AvgIpc) is 2.75. The highest BCUT2D eigenvalue weighted by Crippen LogP contribution is 2.13. The average molecular weight is 394 g/mol. The highest BCUT2D eigenvalue weighted by molar-refractivity contribution is 5.93. The second kappa shape index (κ2) is 10.8. The number of ether oxygens (including phenoxy) is 1. The van der Waals surface area contributed by atoms with Crippen LogP contribution in [0.2, 0.25) is 0 Å². The number of amides is 2. The van der Waals surface area contributed by atoms with E-state index in [0.717, 1.165) is 17.5 Å². The molecule has 0 bridgehead atoms. The lowest BCUT2D eigenvalue weighted by Gasteiger charge is -2.11. The zero-order chi connectivity index (χ0) is 21.2. The maximum Gasteiger partial charge on any atom is 0.337 e. The summed E-state index contributed by atoms with van der Waals surface area (Å²) in [5.74, 6) is -0.711. The van der Waals surface area contributed by atoms with Crippen LogP contribution >= 0.6 is 0 Å². The van der Waals surface area contributed by atoms with E-state index < -0.39 is 5.97 Å². The van der Waals surface area contributed by atoms with Crippen molar-refractivity contribution >= 4 is 29.5 Å². The molecule has 0 radical (unpaired) electrons. The van der Waals surface area contributed by atoms with Crippen LogP contribution in [0.1, 0.15) is 41.8 Å². The van der Waals surface area contributed by atoms with E-state index in [2.05, 4.69) is 15.4 Å². The normalized spacial score (nSPS) is 11.7. The third-order valence-corrected chi connectivity index (χ3v) is 4.48. The minimum absolute atomic E-state index is 0.0187. The molecule has 2 aromatic carbocycles. The van der Waals surface area contributed by atoms with Gasteiger partial charge in [0, 0.05) is 24.2 Å². The van der Waals surface area contributed by atoms with Crippen LogP contribution in [-0.2, 0) is 20.9 Å². The Hall–Kier alpha value is -3.41. The standard InChI is InChI=1S/C23H26N2O4/c1-4-16(2)22(27)25-20-7-5-6-18(14-20)15-24-21(26)13-10-17-8-11-19(12-9-17)23(28)29-3/h5-14,16H,4,15H2,1-3H3,(H,24,26)(H,25,27)/b13-10+. The minimum Gasteiger partial charge on any atom is -0.465 e. The van der Waals surface area contributed by atoms with Gasteiger partial charge in [-0.25, -0.2) is 4.79 Å². The summed E-state index contributed by atoms with van der Waals surface area (Å²) in [6.07, 6.45) is 3.88. The van der Waals surface area contributed by atoms with E-state index in [1.807, 2.05) is 38.1 Å². The fourth-order valence-electron chi connectivity index (χ4n) is 2.48. The summed E-state index contributed by atoms with van der Waals surface area (Å²) in [5, 5.41) is 5.70. The van der Waals surface area contributed by atoms with Crippen molar-refractivity contribution in [2.45, 2.75) is 26.8 Å². The SMILES string of the molecule is CCC(C)C(=O)Nc1cccc(CNC(=O)/C=C/c2ccc(C(=O)OC)cc2)c1. The molecule has 0 aromatic heterocycles. The molecule has 2 rings (SSSR count). The van der Waals surface area contributed by atoms with Crippen LogP contribution < -0.4 is 10.6 Å². The first-order chi connectivity index (χ1) is 13.9. The summed E-state index contributed by atoms with van der Waals surface area (Å²) in [5.41, 5.74) is 2.84. The monoisotopic (exact) mass is 394 g/mol.